The number of hydrogen-bond acceptors (Lipinski definition) is 5. The Morgan fingerprint density at radius 3 is 1.66 bits per heavy atom. The molecule has 0 spiro atoms. The van der Waals surface area contributed by atoms with E-state index in [4.69, 9.17) is 15.0 Å². The fourth-order valence-corrected chi connectivity index (χ4v) is 10.3. The number of thiophene rings is 2. The van der Waals surface area contributed by atoms with Crippen LogP contribution >= 0.6 is 22.7 Å². The average molecular weight is 750 g/mol. The van der Waals surface area contributed by atoms with Crippen molar-refractivity contribution in [2.45, 2.75) is 0 Å². The predicted molar refractivity (Wildman–Crippen MR) is 238 cm³/mol. The summed E-state index contributed by atoms with van der Waals surface area (Å²) >= 11 is 3.64. The third-order valence-electron chi connectivity index (χ3n) is 10.6. The summed E-state index contributed by atoms with van der Waals surface area (Å²) in [5.74, 6) is 1.95. The molecule has 262 valence electrons. The van der Waals surface area contributed by atoms with E-state index in [9.17, 15) is 0 Å². The SMILES string of the molecule is c1ccc(-c2ccccc2-c2nc(-c3ccc(-c4cccc(-c5cccc6sc7ccccc7c56)c4)cc3)nc(-c3cccc4c3sc3ccccc34)n2)cc1. The third kappa shape index (κ3) is 5.60. The van der Waals surface area contributed by atoms with Crippen LogP contribution in [0.25, 0.3) is 108 Å². The maximum absolute atomic E-state index is 5.23. The van der Waals surface area contributed by atoms with Gasteiger partial charge < -0.3 is 0 Å². The lowest BCUT2D eigenvalue weighted by Crippen LogP contribution is -2.01. The average Bonchev–Trinajstić information content (AvgIpc) is 3.85. The summed E-state index contributed by atoms with van der Waals surface area (Å²) in [7, 11) is 0. The Morgan fingerprint density at radius 2 is 0.821 bits per heavy atom. The highest BCUT2D eigenvalue weighted by atomic mass is 32.1. The van der Waals surface area contributed by atoms with Crippen molar-refractivity contribution in [3.8, 4) is 67.5 Å². The number of nitrogens with zero attached hydrogens (tertiary/aromatic N) is 3. The molecule has 8 aromatic carbocycles. The summed E-state index contributed by atoms with van der Waals surface area (Å²) in [5, 5.41) is 5.09. The number of rotatable bonds is 6. The minimum atomic E-state index is 0.641. The van der Waals surface area contributed by atoms with Crippen molar-refractivity contribution in [1.82, 2.24) is 15.0 Å². The number of aromatic nitrogens is 3. The van der Waals surface area contributed by atoms with Crippen LogP contribution in [0, 0.1) is 0 Å². The van der Waals surface area contributed by atoms with E-state index in [1.165, 1.54) is 51.5 Å². The summed E-state index contributed by atoms with van der Waals surface area (Å²) < 4.78 is 5.05. The van der Waals surface area contributed by atoms with E-state index in [0.29, 0.717) is 17.5 Å². The summed E-state index contributed by atoms with van der Waals surface area (Å²) in [6.07, 6.45) is 0. The number of fused-ring (bicyclic) bond motifs is 6. The smallest absolute Gasteiger partial charge is 0.165 e. The lowest BCUT2D eigenvalue weighted by molar-refractivity contribution is 1.08. The van der Waals surface area contributed by atoms with Crippen LogP contribution in [0.4, 0.5) is 0 Å². The van der Waals surface area contributed by atoms with Gasteiger partial charge in [0.25, 0.3) is 0 Å². The molecule has 3 nitrogen and oxygen atoms in total. The van der Waals surface area contributed by atoms with Gasteiger partial charge >= 0.3 is 0 Å². The zero-order chi connectivity index (χ0) is 37.0. The zero-order valence-electron chi connectivity index (χ0n) is 30.1. The first-order valence-corrected chi connectivity index (χ1v) is 20.3. The largest absolute Gasteiger partial charge is 0.208 e. The molecule has 0 fully saturated rings. The Balaban J connectivity index is 1.03. The second-order valence-electron chi connectivity index (χ2n) is 13.9. The van der Waals surface area contributed by atoms with Crippen LogP contribution in [0.2, 0.25) is 0 Å². The molecule has 0 aliphatic rings. The lowest BCUT2D eigenvalue weighted by atomic mass is 9.95. The maximum atomic E-state index is 5.23. The van der Waals surface area contributed by atoms with Gasteiger partial charge in [0, 0.05) is 57.0 Å². The van der Waals surface area contributed by atoms with Gasteiger partial charge in [-0.05, 0) is 63.7 Å². The van der Waals surface area contributed by atoms with Gasteiger partial charge in [0.1, 0.15) is 0 Å². The van der Waals surface area contributed by atoms with E-state index in [2.05, 4.69) is 182 Å². The van der Waals surface area contributed by atoms with E-state index in [1.54, 1.807) is 11.3 Å². The fourth-order valence-electron chi connectivity index (χ4n) is 7.91. The summed E-state index contributed by atoms with van der Waals surface area (Å²) in [6, 6.07) is 66.8. The van der Waals surface area contributed by atoms with Crippen LogP contribution < -0.4 is 0 Å². The van der Waals surface area contributed by atoms with Gasteiger partial charge in [0.15, 0.2) is 17.5 Å². The first kappa shape index (κ1) is 32.6. The van der Waals surface area contributed by atoms with Crippen LogP contribution in [-0.4, -0.2) is 15.0 Å². The highest BCUT2D eigenvalue weighted by molar-refractivity contribution is 7.26. The van der Waals surface area contributed by atoms with Gasteiger partial charge in [-0.3, -0.25) is 0 Å². The lowest BCUT2D eigenvalue weighted by Gasteiger charge is -2.13. The van der Waals surface area contributed by atoms with Crippen LogP contribution in [0.1, 0.15) is 0 Å². The van der Waals surface area contributed by atoms with Crippen LogP contribution in [0.3, 0.4) is 0 Å². The van der Waals surface area contributed by atoms with E-state index in [0.717, 1.165) is 38.9 Å². The maximum Gasteiger partial charge on any atom is 0.165 e. The predicted octanol–water partition coefficient (Wildman–Crippen LogP) is 14.6. The molecule has 0 saturated carbocycles. The molecule has 0 atom stereocenters. The first-order valence-electron chi connectivity index (χ1n) is 18.7. The molecule has 56 heavy (non-hydrogen) atoms. The molecule has 3 heterocycles. The van der Waals surface area contributed by atoms with Crippen molar-refractivity contribution < 1.29 is 0 Å². The van der Waals surface area contributed by atoms with E-state index >= 15 is 0 Å². The van der Waals surface area contributed by atoms with Gasteiger partial charge in [-0.1, -0.05) is 158 Å². The second kappa shape index (κ2) is 13.5. The zero-order valence-corrected chi connectivity index (χ0v) is 31.7. The molecule has 0 radical (unpaired) electrons. The minimum Gasteiger partial charge on any atom is -0.208 e. The molecule has 0 aliphatic carbocycles. The molecule has 11 aromatic rings. The molecule has 0 N–H and O–H groups in total. The molecule has 5 heteroatoms. The van der Waals surface area contributed by atoms with E-state index in [-0.39, 0.29) is 0 Å². The Hall–Kier alpha value is -6.79. The Kier molecular flexibility index (Phi) is 7.87. The summed E-state index contributed by atoms with van der Waals surface area (Å²) in [6.45, 7) is 0. The highest BCUT2D eigenvalue weighted by Gasteiger charge is 2.19. The molecular formula is C51H31N3S2. The van der Waals surface area contributed by atoms with Gasteiger partial charge in [0.2, 0.25) is 0 Å². The van der Waals surface area contributed by atoms with Gasteiger partial charge in [-0.15, -0.1) is 22.7 Å². The van der Waals surface area contributed by atoms with Crippen molar-refractivity contribution in [3.63, 3.8) is 0 Å². The molecule has 0 unspecified atom stereocenters. The van der Waals surface area contributed by atoms with Gasteiger partial charge in [0.05, 0.1) is 0 Å². The van der Waals surface area contributed by atoms with Crippen molar-refractivity contribution in [1.29, 1.82) is 0 Å². The van der Waals surface area contributed by atoms with Crippen LogP contribution in [0.5, 0.6) is 0 Å². The van der Waals surface area contributed by atoms with Crippen molar-refractivity contribution in [3.05, 3.63) is 188 Å². The molecule has 0 saturated heterocycles. The van der Waals surface area contributed by atoms with Crippen LogP contribution in [0.15, 0.2) is 188 Å². The normalized spacial score (nSPS) is 11.6. The second-order valence-corrected chi connectivity index (χ2v) is 16.1. The van der Waals surface area contributed by atoms with Crippen molar-refractivity contribution in [2.75, 3.05) is 0 Å². The molecular weight excluding hydrogens is 719 g/mol. The van der Waals surface area contributed by atoms with Gasteiger partial charge in [-0.2, -0.15) is 0 Å². The Morgan fingerprint density at radius 1 is 0.286 bits per heavy atom. The summed E-state index contributed by atoms with van der Waals surface area (Å²) in [5.41, 5.74) is 9.87. The van der Waals surface area contributed by atoms with Crippen LogP contribution in [-0.2, 0) is 0 Å². The molecule has 3 aromatic heterocycles. The number of benzene rings is 8. The minimum absolute atomic E-state index is 0.641. The van der Waals surface area contributed by atoms with Gasteiger partial charge in [-0.25, -0.2) is 15.0 Å². The quantitative estimate of drug-likeness (QED) is 0.170. The van der Waals surface area contributed by atoms with Crippen molar-refractivity contribution >= 4 is 63.0 Å². The monoisotopic (exact) mass is 749 g/mol. The first-order chi connectivity index (χ1) is 27.7. The third-order valence-corrected chi connectivity index (χ3v) is 12.9. The standard InChI is InChI=1S/C51H31N3S2/c1-2-13-33(14-3-1)37-17-4-5-19-41(37)50-52-49(53-51(54-50)43-23-11-22-40-39-18-6-8-24-44(39)56-48(40)43)34-29-27-32(28-30-34)35-15-10-16-36(31-35)38-21-12-26-46-47(38)42-20-7-9-25-45(42)55-46/h1-31H. The summed E-state index contributed by atoms with van der Waals surface area (Å²) in [4.78, 5) is 15.6. The Bertz CT molecular complexity index is 3250. The molecule has 11 rings (SSSR count). The molecule has 0 bridgehead atoms. The van der Waals surface area contributed by atoms with E-state index < -0.39 is 0 Å². The van der Waals surface area contributed by atoms with Crippen molar-refractivity contribution in [2.24, 2.45) is 0 Å². The number of hydrogen-bond donors (Lipinski definition) is 0. The Labute approximate surface area is 331 Å². The fraction of sp³-hybridized carbons (Fsp3) is 0. The molecule has 0 aliphatic heterocycles. The topological polar surface area (TPSA) is 38.7 Å². The molecule has 0 amide bonds. The highest BCUT2D eigenvalue weighted by Crippen LogP contribution is 2.42. The van der Waals surface area contributed by atoms with E-state index in [1.807, 2.05) is 17.4 Å².